The Morgan fingerprint density at radius 3 is 1.42 bits per heavy atom. The van der Waals surface area contributed by atoms with E-state index >= 15 is 0 Å². The molecule has 460 valence electrons. The number of amides is 2. The molecule has 2 aliphatic rings. The van der Waals surface area contributed by atoms with Gasteiger partial charge in [0.2, 0.25) is 0 Å². The molecule has 0 spiro atoms. The first kappa shape index (κ1) is 65.9. The number of carboxylic acids is 2. The van der Waals surface area contributed by atoms with Crippen LogP contribution in [0.1, 0.15) is 104 Å². The van der Waals surface area contributed by atoms with Crippen LogP contribution in [0, 0.1) is 5.92 Å². The first-order valence-electron chi connectivity index (χ1n) is 29.1. The number of aromatic nitrogens is 2. The van der Waals surface area contributed by atoms with E-state index in [1.54, 1.807) is 64.8 Å². The normalized spacial score (nSPS) is 14.3. The summed E-state index contributed by atoms with van der Waals surface area (Å²) in [6, 6.07) is 28.1. The molecule has 0 saturated heterocycles. The highest BCUT2D eigenvalue weighted by Gasteiger charge is 2.41. The zero-order valence-electron chi connectivity index (χ0n) is 50.4. The van der Waals surface area contributed by atoms with Crippen LogP contribution < -0.4 is 39.1 Å². The van der Waals surface area contributed by atoms with Gasteiger partial charge in [0.15, 0.2) is 0 Å². The third-order valence-corrected chi connectivity index (χ3v) is 16.1. The van der Waals surface area contributed by atoms with Gasteiger partial charge >= 0.3 is 11.9 Å². The topological polar surface area (TPSA) is 220 Å². The van der Waals surface area contributed by atoms with Crippen molar-refractivity contribution in [3.8, 4) is 79.3 Å². The van der Waals surface area contributed by atoms with Gasteiger partial charge in [-0.05, 0) is 145 Å². The maximum atomic E-state index is 13.6. The van der Waals surface area contributed by atoms with Gasteiger partial charge in [0.25, 0.3) is 11.8 Å². The highest BCUT2D eigenvalue weighted by molar-refractivity contribution is 6.32. The number of ether oxygens (including phenoxy) is 6. The van der Waals surface area contributed by atoms with E-state index in [4.69, 9.17) is 61.6 Å². The van der Waals surface area contributed by atoms with Gasteiger partial charge in [0.05, 0.1) is 80.6 Å². The Morgan fingerprint density at radius 1 is 0.581 bits per heavy atom. The summed E-state index contributed by atoms with van der Waals surface area (Å²) in [6.45, 7) is 2.70. The molecule has 86 heavy (non-hydrogen) atoms. The summed E-state index contributed by atoms with van der Waals surface area (Å²) in [4.78, 5) is 64.9. The molecule has 6 aromatic rings. The van der Waals surface area contributed by atoms with Crippen LogP contribution >= 0.6 is 23.2 Å². The Kier molecular flexibility index (Phi) is 24.3. The molecule has 20 heteroatoms. The number of nitrogens with one attached hydrogen (secondary N) is 2. The molecular formula is C66H80Cl2N6O12. The van der Waals surface area contributed by atoms with Gasteiger partial charge in [0.1, 0.15) is 51.4 Å². The highest BCUT2D eigenvalue weighted by atomic mass is 35.5. The number of hydrogen-bond acceptors (Lipinski definition) is 14. The molecular weight excluding hydrogens is 1140 g/mol. The third-order valence-electron chi connectivity index (χ3n) is 15.5. The number of carbonyl (C=O) groups excluding carboxylic acids is 2. The lowest BCUT2D eigenvalue weighted by Gasteiger charge is -2.33. The molecule has 0 bridgehead atoms. The summed E-state index contributed by atoms with van der Waals surface area (Å²) in [7, 11) is 14.3. The summed E-state index contributed by atoms with van der Waals surface area (Å²) in [5, 5.41) is 26.3. The summed E-state index contributed by atoms with van der Waals surface area (Å²) in [6.07, 6.45) is 9.66. The van der Waals surface area contributed by atoms with Crippen molar-refractivity contribution in [1.29, 1.82) is 0 Å². The number of hydrogen-bond donors (Lipinski definition) is 4. The molecule has 0 aliphatic heterocycles. The number of methoxy groups -OCH3 is 4. The van der Waals surface area contributed by atoms with Crippen LogP contribution in [0.3, 0.4) is 0 Å². The van der Waals surface area contributed by atoms with Crippen molar-refractivity contribution in [1.82, 2.24) is 30.4 Å². The number of carboxylic acid groups (broad SMARTS) is 2. The molecule has 1 atom stereocenters. The number of benzene rings is 4. The Labute approximate surface area is 514 Å². The monoisotopic (exact) mass is 1220 g/mol. The van der Waals surface area contributed by atoms with Crippen LogP contribution in [-0.4, -0.2) is 148 Å². The largest absolute Gasteiger partial charge is 0.496 e. The van der Waals surface area contributed by atoms with Crippen molar-refractivity contribution in [2.24, 2.45) is 5.92 Å². The van der Waals surface area contributed by atoms with Crippen LogP contribution in [0.4, 0.5) is 0 Å². The second kappa shape index (κ2) is 31.7. The van der Waals surface area contributed by atoms with Crippen LogP contribution in [0.2, 0.25) is 10.0 Å². The van der Waals surface area contributed by atoms with E-state index in [9.17, 15) is 29.4 Å². The van der Waals surface area contributed by atoms with Crippen LogP contribution in [0.25, 0.3) is 44.8 Å². The summed E-state index contributed by atoms with van der Waals surface area (Å²) < 4.78 is 34.8. The van der Waals surface area contributed by atoms with Gasteiger partial charge in [-0.15, -0.1) is 0 Å². The third kappa shape index (κ3) is 17.1. The SMILES string of the molecule is COc1cccc(OC)c1-c1ccc(C(=O)NC(CC(=O)O)C2CCCCC2)nc1-c1ccc(Cl)c(OCCCN(C)C)c1.COc1cccc(OC)c1-c1ccc(C(=O)NC2(C(=O)O)CCCCC2)nc1-c1ccc(Cl)c(OCCCN(C)C)c1. The summed E-state index contributed by atoms with van der Waals surface area (Å²) in [5.74, 6) is 0.479. The summed E-state index contributed by atoms with van der Waals surface area (Å²) >= 11 is 13.0. The maximum Gasteiger partial charge on any atom is 0.329 e. The molecule has 2 aromatic heterocycles. The van der Waals surface area contributed by atoms with E-state index in [0.29, 0.717) is 115 Å². The second-order valence-corrected chi connectivity index (χ2v) is 22.9. The fourth-order valence-corrected chi connectivity index (χ4v) is 11.4. The number of carbonyl (C=O) groups is 4. The van der Waals surface area contributed by atoms with Crippen LogP contribution in [0.5, 0.6) is 34.5 Å². The van der Waals surface area contributed by atoms with Gasteiger partial charge in [-0.25, -0.2) is 14.8 Å². The second-order valence-electron chi connectivity index (χ2n) is 22.0. The number of rotatable bonds is 26. The zero-order valence-corrected chi connectivity index (χ0v) is 51.9. The molecule has 2 fully saturated rings. The Bertz CT molecular complexity index is 3250. The molecule has 4 aromatic carbocycles. The predicted octanol–water partition coefficient (Wildman–Crippen LogP) is 12.5. The van der Waals surface area contributed by atoms with Crippen molar-refractivity contribution in [2.75, 3.05) is 82.9 Å². The first-order valence-corrected chi connectivity index (χ1v) is 29.8. The van der Waals surface area contributed by atoms with E-state index in [1.165, 1.54) is 0 Å². The minimum absolute atomic E-state index is 0.0946. The minimum Gasteiger partial charge on any atom is -0.496 e. The average Bonchev–Trinajstić information content (AvgIpc) is 1.07. The quantitative estimate of drug-likeness (QED) is 0.0371. The lowest BCUT2D eigenvalue weighted by atomic mass is 9.81. The van der Waals surface area contributed by atoms with Gasteiger partial charge in [-0.3, -0.25) is 14.4 Å². The van der Waals surface area contributed by atoms with Gasteiger partial charge in [-0.2, -0.15) is 0 Å². The van der Waals surface area contributed by atoms with Gasteiger partial charge in [-0.1, -0.05) is 86.0 Å². The van der Waals surface area contributed by atoms with Gasteiger partial charge < -0.3 is 59.1 Å². The van der Waals surface area contributed by atoms with Crippen molar-refractivity contribution >= 4 is 47.0 Å². The fourth-order valence-electron chi connectivity index (χ4n) is 11.0. The van der Waals surface area contributed by atoms with Crippen molar-refractivity contribution in [3.63, 3.8) is 0 Å². The van der Waals surface area contributed by atoms with E-state index in [2.05, 4.69) is 20.4 Å². The fraction of sp³-hybridized carbons (Fsp3) is 0.424. The zero-order chi connectivity index (χ0) is 61.9. The molecule has 2 saturated carbocycles. The summed E-state index contributed by atoms with van der Waals surface area (Å²) in [5.41, 5.74) is 3.96. The molecule has 2 amide bonds. The molecule has 2 aliphatic carbocycles. The Morgan fingerprint density at radius 2 is 1.01 bits per heavy atom. The average molecular weight is 1220 g/mol. The number of nitrogens with zero attached hydrogens (tertiary/aromatic N) is 4. The first-order chi connectivity index (χ1) is 41.4. The van der Waals surface area contributed by atoms with Gasteiger partial charge in [0, 0.05) is 41.4 Å². The van der Waals surface area contributed by atoms with Crippen LogP contribution in [-0.2, 0) is 9.59 Å². The maximum absolute atomic E-state index is 13.6. The molecule has 2 heterocycles. The van der Waals surface area contributed by atoms with E-state index in [-0.39, 0.29) is 23.7 Å². The number of pyridine rings is 2. The van der Waals surface area contributed by atoms with Crippen molar-refractivity contribution in [2.45, 2.75) is 95.1 Å². The van der Waals surface area contributed by atoms with Crippen LogP contribution in [0.15, 0.2) is 97.1 Å². The lowest BCUT2D eigenvalue weighted by molar-refractivity contribution is -0.146. The smallest absolute Gasteiger partial charge is 0.329 e. The minimum atomic E-state index is -1.31. The molecule has 4 N–H and O–H groups in total. The van der Waals surface area contributed by atoms with Crippen molar-refractivity contribution in [3.05, 3.63) is 118 Å². The number of halogens is 2. The van der Waals surface area contributed by atoms with Crippen molar-refractivity contribution < 1.29 is 57.8 Å². The number of aliphatic carboxylic acids is 2. The lowest BCUT2D eigenvalue weighted by Crippen LogP contribution is -2.55. The van der Waals surface area contributed by atoms with E-state index < -0.39 is 35.3 Å². The molecule has 18 nitrogen and oxygen atoms in total. The Hall–Kier alpha value is -7.64. The van der Waals surface area contributed by atoms with E-state index in [0.717, 1.165) is 77.3 Å². The molecule has 1 unspecified atom stereocenters. The molecule has 8 rings (SSSR count). The molecule has 0 radical (unpaired) electrons. The highest BCUT2D eigenvalue weighted by Crippen LogP contribution is 2.46. The van der Waals surface area contributed by atoms with E-state index in [1.807, 2.05) is 88.9 Å². The predicted molar refractivity (Wildman–Crippen MR) is 335 cm³/mol. The Balaban J connectivity index is 0.000000246. The standard InChI is InChI=1S/C34H42ClN3O6.C32H38ClN3O6/c1-38(2)18-9-19-44-30-20-23(14-16-25(30)35)33-24(32-28(42-3)12-8-13-29(32)43-4)15-17-26(36-33)34(41)37-27(21-31(39)40)22-10-6-5-7-11-22;1-36(2)18-9-19-42-27-20-21(12-14-23(27)33)29-22(28-25(40-3)10-8-11-26(28)41-4)13-15-24(34-29)30(37)35-32(31(38)39)16-6-5-7-17-32/h8,12-17,20,22,27H,5-7,9-11,18-19,21H2,1-4H3,(H,37,41)(H,39,40);8,10-15,20H,5-7,9,16-19H2,1-4H3,(H,35,37)(H,38,39).